The third kappa shape index (κ3) is 5.74. The molecule has 0 saturated carbocycles. The first kappa shape index (κ1) is 20.8. The van der Waals surface area contributed by atoms with Crippen LogP contribution in [0.3, 0.4) is 0 Å². The van der Waals surface area contributed by atoms with Gasteiger partial charge in [0.2, 0.25) is 5.75 Å². The summed E-state index contributed by atoms with van der Waals surface area (Å²) < 4.78 is 27.3. The molecule has 3 atom stereocenters. The maximum absolute atomic E-state index is 9.77. The average molecular weight is 370 g/mol. The van der Waals surface area contributed by atoms with Gasteiger partial charge in [-0.15, -0.1) is 0 Å². The average Bonchev–Trinajstić information content (AvgIpc) is 2.66. The molecule has 1 fully saturated rings. The summed E-state index contributed by atoms with van der Waals surface area (Å²) in [4.78, 5) is 0. The van der Waals surface area contributed by atoms with E-state index >= 15 is 0 Å². The first-order chi connectivity index (χ1) is 12.6. The van der Waals surface area contributed by atoms with Crippen LogP contribution in [0.2, 0.25) is 0 Å². The summed E-state index contributed by atoms with van der Waals surface area (Å²) in [5, 5.41) is 18.9. The van der Waals surface area contributed by atoms with Gasteiger partial charge in [0, 0.05) is 19.4 Å². The Hall–Kier alpha value is -1.54. The molecule has 0 spiro atoms. The smallest absolute Gasteiger partial charge is 0.203 e. The van der Waals surface area contributed by atoms with E-state index in [0.29, 0.717) is 36.7 Å². The van der Waals surface area contributed by atoms with Crippen LogP contribution < -0.4 is 14.2 Å². The molecule has 1 heterocycles. The van der Waals surface area contributed by atoms with Crippen molar-refractivity contribution in [1.29, 1.82) is 0 Å². The molecule has 0 bridgehead atoms. The fraction of sp³-hybridized carbons (Fsp3) is 0.684. The van der Waals surface area contributed by atoms with Crippen molar-refractivity contribution in [3.63, 3.8) is 0 Å². The molecule has 7 heteroatoms. The maximum atomic E-state index is 9.77. The molecule has 1 aliphatic rings. The largest absolute Gasteiger partial charge is 0.493 e. The third-order valence-corrected chi connectivity index (χ3v) is 4.44. The van der Waals surface area contributed by atoms with Gasteiger partial charge in [0.05, 0.1) is 40.1 Å². The molecule has 3 unspecified atom stereocenters. The van der Waals surface area contributed by atoms with Gasteiger partial charge in [-0.25, -0.2) is 0 Å². The Kier molecular flexibility index (Phi) is 8.44. The number of hydrogen-bond acceptors (Lipinski definition) is 7. The van der Waals surface area contributed by atoms with E-state index < -0.39 is 12.4 Å². The van der Waals surface area contributed by atoms with Gasteiger partial charge >= 0.3 is 0 Å². The topological polar surface area (TPSA) is 86.6 Å². The van der Waals surface area contributed by atoms with Crippen molar-refractivity contribution in [3.8, 4) is 17.2 Å². The number of aliphatic hydroxyl groups is 2. The highest BCUT2D eigenvalue weighted by molar-refractivity contribution is 5.53. The van der Waals surface area contributed by atoms with E-state index in [2.05, 4.69) is 0 Å². The quantitative estimate of drug-likeness (QED) is 0.609. The molecule has 0 aliphatic carbocycles. The van der Waals surface area contributed by atoms with Crippen molar-refractivity contribution in [2.75, 3.05) is 34.5 Å². The molecule has 1 aromatic carbocycles. The Balaban J connectivity index is 1.77. The Labute approximate surface area is 154 Å². The van der Waals surface area contributed by atoms with Crippen LogP contribution in [-0.4, -0.2) is 63.3 Å². The number of hydrogen-bond donors (Lipinski definition) is 2. The van der Waals surface area contributed by atoms with Crippen molar-refractivity contribution in [1.82, 2.24) is 0 Å². The normalized spacial score (nSPS) is 22.9. The standard InChI is InChI=1S/C19H30O7/c1-22-16-8-13(9-17(23-2)19(16)24-3)6-4-5-7-25-18-11-14(21)10-15(12-20)26-18/h8-9,14-15,18,20-21H,4-7,10-12H2,1-3H3. The zero-order chi connectivity index (χ0) is 18.9. The number of ether oxygens (including phenoxy) is 5. The van der Waals surface area contributed by atoms with Crippen molar-refractivity contribution in [2.45, 2.75) is 50.6 Å². The predicted octanol–water partition coefficient (Wildman–Crippen LogP) is 1.91. The fourth-order valence-electron chi connectivity index (χ4n) is 3.10. The second-order valence-corrected chi connectivity index (χ2v) is 6.36. The molecule has 0 radical (unpaired) electrons. The van der Waals surface area contributed by atoms with E-state index in [9.17, 15) is 5.11 Å². The molecule has 1 aliphatic heterocycles. The van der Waals surface area contributed by atoms with Gasteiger partial charge in [-0.2, -0.15) is 0 Å². The molecule has 1 saturated heterocycles. The zero-order valence-electron chi connectivity index (χ0n) is 15.8. The molecule has 2 rings (SSSR count). The molecule has 0 amide bonds. The molecule has 148 valence electrons. The van der Waals surface area contributed by atoms with Gasteiger partial charge in [0.25, 0.3) is 0 Å². The SMILES string of the molecule is COc1cc(CCCCOC2CC(O)CC(CO)O2)cc(OC)c1OC. The lowest BCUT2D eigenvalue weighted by atomic mass is 10.1. The summed E-state index contributed by atoms with van der Waals surface area (Å²) in [6.45, 7) is 0.442. The van der Waals surface area contributed by atoms with Crippen LogP contribution in [0.1, 0.15) is 31.2 Å². The Morgan fingerprint density at radius 2 is 1.73 bits per heavy atom. The minimum absolute atomic E-state index is 0.0992. The van der Waals surface area contributed by atoms with Crippen LogP contribution in [0.4, 0.5) is 0 Å². The van der Waals surface area contributed by atoms with E-state index in [0.717, 1.165) is 24.8 Å². The Morgan fingerprint density at radius 3 is 2.31 bits per heavy atom. The van der Waals surface area contributed by atoms with Crippen LogP contribution in [0.25, 0.3) is 0 Å². The van der Waals surface area contributed by atoms with Crippen LogP contribution in [0.5, 0.6) is 17.2 Å². The second-order valence-electron chi connectivity index (χ2n) is 6.36. The molecule has 0 aromatic heterocycles. The number of aryl methyl sites for hydroxylation is 1. The van der Waals surface area contributed by atoms with Gasteiger partial charge in [-0.1, -0.05) is 0 Å². The number of rotatable bonds is 10. The molecular formula is C19H30O7. The predicted molar refractivity (Wildman–Crippen MR) is 96.0 cm³/mol. The van der Waals surface area contributed by atoms with Gasteiger partial charge in [-0.05, 0) is 37.0 Å². The first-order valence-electron chi connectivity index (χ1n) is 8.96. The highest BCUT2D eigenvalue weighted by Crippen LogP contribution is 2.38. The van der Waals surface area contributed by atoms with Crippen LogP contribution in [0.15, 0.2) is 12.1 Å². The highest BCUT2D eigenvalue weighted by atomic mass is 16.7. The monoisotopic (exact) mass is 370 g/mol. The van der Waals surface area contributed by atoms with E-state index in [-0.39, 0.29) is 12.7 Å². The van der Waals surface area contributed by atoms with Gasteiger partial charge in [-0.3, -0.25) is 0 Å². The number of unbranched alkanes of at least 4 members (excludes halogenated alkanes) is 1. The fourth-order valence-corrected chi connectivity index (χ4v) is 3.10. The zero-order valence-corrected chi connectivity index (χ0v) is 15.8. The first-order valence-corrected chi connectivity index (χ1v) is 8.96. The number of aliphatic hydroxyl groups excluding tert-OH is 2. The Morgan fingerprint density at radius 1 is 1.04 bits per heavy atom. The van der Waals surface area contributed by atoms with E-state index in [1.807, 2.05) is 12.1 Å². The van der Waals surface area contributed by atoms with Crippen molar-refractivity contribution >= 4 is 0 Å². The lowest BCUT2D eigenvalue weighted by Crippen LogP contribution is -2.39. The lowest BCUT2D eigenvalue weighted by molar-refractivity contribution is -0.221. The van der Waals surface area contributed by atoms with E-state index in [1.165, 1.54) is 0 Å². The number of benzene rings is 1. The van der Waals surface area contributed by atoms with E-state index in [4.69, 9.17) is 28.8 Å². The molecule has 1 aromatic rings. The van der Waals surface area contributed by atoms with Crippen molar-refractivity contribution in [3.05, 3.63) is 17.7 Å². The van der Waals surface area contributed by atoms with Gasteiger partial charge in [0.15, 0.2) is 17.8 Å². The summed E-state index contributed by atoms with van der Waals surface area (Å²) in [6, 6.07) is 3.91. The van der Waals surface area contributed by atoms with Crippen LogP contribution >= 0.6 is 0 Å². The summed E-state index contributed by atoms with van der Waals surface area (Å²) in [5.41, 5.74) is 1.10. The van der Waals surface area contributed by atoms with Gasteiger partial charge in [0.1, 0.15) is 0 Å². The van der Waals surface area contributed by atoms with Crippen LogP contribution in [0, 0.1) is 0 Å². The molecular weight excluding hydrogens is 340 g/mol. The minimum atomic E-state index is -0.481. The summed E-state index contributed by atoms with van der Waals surface area (Å²) >= 11 is 0. The van der Waals surface area contributed by atoms with Crippen LogP contribution in [-0.2, 0) is 15.9 Å². The summed E-state index contributed by atoms with van der Waals surface area (Å²) in [7, 11) is 4.79. The second kappa shape index (κ2) is 10.6. The van der Waals surface area contributed by atoms with Crippen molar-refractivity contribution in [2.24, 2.45) is 0 Å². The van der Waals surface area contributed by atoms with E-state index in [1.54, 1.807) is 21.3 Å². The minimum Gasteiger partial charge on any atom is -0.493 e. The Bertz CT molecular complexity index is 524. The lowest BCUT2D eigenvalue weighted by Gasteiger charge is -2.32. The molecule has 26 heavy (non-hydrogen) atoms. The third-order valence-electron chi connectivity index (χ3n) is 4.44. The summed E-state index contributed by atoms with van der Waals surface area (Å²) in [6.07, 6.45) is 2.27. The summed E-state index contributed by atoms with van der Waals surface area (Å²) in [5.74, 6) is 1.89. The number of methoxy groups -OCH3 is 3. The van der Waals surface area contributed by atoms with Gasteiger partial charge < -0.3 is 33.9 Å². The molecule has 2 N–H and O–H groups in total. The van der Waals surface area contributed by atoms with Crippen molar-refractivity contribution < 1.29 is 33.9 Å². The molecule has 7 nitrogen and oxygen atoms in total. The highest BCUT2D eigenvalue weighted by Gasteiger charge is 2.28. The maximum Gasteiger partial charge on any atom is 0.203 e.